The molecule has 2 aliphatic carbocycles. The summed E-state index contributed by atoms with van der Waals surface area (Å²) < 4.78 is 5.67. The first-order valence-corrected chi connectivity index (χ1v) is 12.6. The quantitative estimate of drug-likeness (QED) is 0.617. The number of carbonyl (C=O) groups excluding carboxylic acids is 2. The second-order valence-corrected chi connectivity index (χ2v) is 10.1. The van der Waals surface area contributed by atoms with E-state index in [2.05, 4.69) is 29.6 Å². The van der Waals surface area contributed by atoms with Crippen LogP contribution < -0.4 is 5.32 Å². The number of ether oxygens (including phenoxy) is 1. The van der Waals surface area contributed by atoms with Gasteiger partial charge < -0.3 is 20.1 Å². The first-order valence-electron chi connectivity index (χ1n) is 12.6. The molecule has 1 heterocycles. The SMILES string of the molecule is O=C(O)CCC1CN(C(=O)C2CCC(NC(=O)OCC3c4ccccc4-c4ccccc43)CC2)C1. The van der Waals surface area contributed by atoms with Crippen LogP contribution in [0.3, 0.4) is 0 Å². The Morgan fingerprint density at radius 1 is 0.914 bits per heavy atom. The molecule has 1 aliphatic heterocycles. The van der Waals surface area contributed by atoms with Gasteiger partial charge >= 0.3 is 12.1 Å². The number of alkyl carbamates (subject to hydrolysis) is 1. The van der Waals surface area contributed by atoms with Crippen LogP contribution in [0.1, 0.15) is 55.6 Å². The molecule has 7 nitrogen and oxygen atoms in total. The van der Waals surface area contributed by atoms with E-state index < -0.39 is 12.1 Å². The van der Waals surface area contributed by atoms with Crippen molar-refractivity contribution in [2.75, 3.05) is 19.7 Å². The molecule has 7 heteroatoms. The van der Waals surface area contributed by atoms with Crippen LogP contribution in [-0.4, -0.2) is 53.7 Å². The highest BCUT2D eigenvalue weighted by Crippen LogP contribution is 2.44. The van der Waals surface area contributed by atoms with Gasteiger partial charge in [0.05, 0.1) is 0 Å². The predicted molar refractivity (Wildman–Crippen MR) is 131 cm³/mol. The number of benzene rings is 2. The van der Waals surface area contributed by atoms with E-state index in [9.17, 15) is 14.4 Å². The van der Waals surface area contributed by atoms with Crippen LogP contribution in [0.2, 0.25) is 0 Å². The number of carboxylic acid groups (broad SMARTS) is 1. The number of nitrogens with zero attached hydrogens (tertiary/aromatic N) is 1. The third-order valence-electron chi connectivity index (χ3n) is 7.78. The average Bonchev–Trinajstić information content (AvgIpc) is 3.15. The number of hydrogen-bond donors (Lipinski definition) is 2. The summed E-state index contributed by atoms with van der Waals surface area (Å²) in [6.07, 6.45) is 3.43. The highest BCUT2D eigenvalue weighted by Gasteiger charge is 2.36. The maximum Gasteiger partial charge on any atom is 0.407 e. The van der Waals surface area contributed by atoms with E-state index in [1.807, 2.05) is 29.2 Å². The zero-order valence-electron chi connectivity index (χ0n) is 19.8. The molecule has 2 aromatic rings. The van der Waals surface area contributed by atoms with Crippen molar-refractivity contribution >= 4 is 18.0 Å². The Balaban J connectivity index is 1.06. The Labute approximate surface area is 205 Å². The number of rotatable bonds is 7. The molecule has 0 spiro atoms. The molecule has 184 valence electrons. The molecular formula is C28H32N2O5. The van der Waals surface area contributed by atoms with E-state index in [1.165, 1.54) is 22.3 Å². The molecule has 5 rings (SSSR count). The summed E-state index contributed by atoms with van der Waals surface area (Å²) >= 11 is 0. The van der Waals surface area contributed by atoms with Crippen molar-refractivity contribution in [2.24, 2.45) is 11.8 Å². The minimum Gasteiger partial charge on any atom is -0.481 e. The number of carbonyl (C=O) groups is 3. The first kappa shape index (κ1) is 23.4. The third-order valence-corrected chi connectivity index (χ3v) is 7.78. The summed E-state index contributed by atoms with van der Waals surface area (Å²) in [5.41, 5.74) is 4.79. The van der Waals surface area contributed by atoms with Gasteiger partial charge in [-0.3, -0.25) is 9.59 Å². The minimum absolute atomic E-state index is 0.00372. The molecule has 2 N–H and O–H groups in total. The van der Waals surface area contributed by atoms with Gasteiger partial charge in [-0.15, -0.1) is 0 Å². The Morgan fingerprint density at radius 2 is 1.51 bits per heavy atom. The van der Waals surface area contributed by atoms with Crippen LogP contribution in [0.25, 0.3) is 11.1 Å². The van der Waals surface area contributed by atoms with Gasteiger partial charge in [0.15, 0.2) is 0 Å². The monoisotopic (exact) mass is 476 g/mol. The normalized spacial score (nSPS) is 21.5. The lowest BCUT2D eigenvalue weighted by molar-refractivity contribution is -0.143. The lowest BCUT2D eigenvalue weighted by Gasteiger charge is -2.42. The van der Waals surface area contributed by atoms with Gasteiger partial charge in [0.25, 0.3) is 0 Å². The van der Waals surface area contributed by atoms with E-state index in [0.717, 1.165) is 25.7 Å². The highest BCUT2D eigenvalue weighted by atomic mass is 16.5. The Bertz CT molecular complexity index is 1060. The van der Waals surface area contributed by atoms with E-state index in [1.54, 1.807) is 0 Å². The zero-order valence-corrected chi connectivity index (χ0v) is 19.8. The summed E-state index contributed by atoms with van der Waals surface area (Å²) in [4.78, 5) is 37.9. The fourth-order valence-electron chi connectivity index (χ4n) is 5.81. The van der Waals surface area contributed by atoms with Crippen molar-refractivity contribution in [3.05, 3.63) is 59.7 Å². The van der Waals surface area contributed by atoms with Gasteiger partial charge in [0.1, 0.15) is 6.61 Å². The molecule has 3 aliphatic rings. The van der Waals surface area contributed by atoms with Crippen molar-refractivity contribution in [2.45, 2.75) is 50.5 Å². The molecule has 2 aromatic carbocycles. The first-order chi connectivity index (χ1) is 17.0. The summed E-state index contributed by atoms with van der Waals surface area (Å²) in [7, 11) is 0. The van der Waals surface area contributed by atoms with Gasteiger partial charge in [-0.25, -0.2) is 4.79 Å². The van der Waals surface area contributed by atoms with Crippen LogP contribution in [0.15, 0.2) is 48.5 Å². The molecule has 0 bridgehead atoms. The number of aliphatic carboxylic acids is 1. The Kier molecular flexibility index (Phi) is 6.75. The van der Waals surface area contributed by atoms with Gasteiger partial charge in [-0.2, -0.15) is 0 Å². The van der Waals surface area contributed by atoms with Crippen molar-refractivity contribution in [1.82, 2.24) is 10.2 Å². The number of amides is 2. The molecule has 35 heavy (non-hydrogen) atoms. The smallest absolute Gasteiger partial charge is 0.407 e. The van der Waals surface area contributed by atoms with Gasteiger partial charge in [-0.05, 0) is 60.3 Å². The average molecular weight is 477 g/mol. The molecule has 0 radical (unpaired) electrons. The van der Waals surface area contributed by atoms with Crippen LogP contribution in [0, 0.1) is 11.8 Å². The van der Waals surface area contributed by atoms with Gasteiger partial charge in [-0.1, -0.05) is 48.5 Å². The molecule has 1 saturated carbocycles. The van der Waals surface area contributed by atoms with Crippen molar-refractivity contribution in [3.8, 4) is 11.1 Å². The fraction of sp³-hybridized carbons (Fsp3) is 0.464. The van der Waals surface area contributed by atoms with E-state index in [0.29, 0.717) is 32.0 Å². The lowest BCUT2D eigenvalue weighted by atomic mass is 9.83. The highest BCUT2D eigenvalue weighted by molar-refractivity contribution is 5.80. The maximum absolute atomic E-state index is 12.7. The summed E-state index contributed by atoms with van der Waals surface area (Å²) in [6, 6.07) is 16.6. The third kappa shape index (κ3) is 5.04. The fourth-order valence-corrected chi connectivity index (χ4v) is 5.81. The second-order valence-electron chi connectivity index (χ2n) is 10.1. The molecule has 2 amide bonds. The zero-order chi connectivity index (χ0) is 24.4. The van der Waals surface area contributed by atoms with Crippen LogP contribution in [-0.2, 0) is 14.3 Å². The van der Waals surface area contributed by atoms with Gasteiger partial charge in [0, 0.05) is 37.4 Å². The van der Waals surface area contributed by atoms with Crippen LogP contribution in [0.5, 0.6) is 0 Å². The minimum atomic E-state index is -0.781. The number of carboxylic acids is 1. The standard InChI is InChI=1S/C28H32N2O5/c31-26(32)14-9-18-15-30(16-18)27(33)19-10-12-20(13-11-19)29-28(34)35-17-25-23-7-3-1-5-21(23)22-6-2-4-8-24(22)25/h1-8,18-20,25H,9-17H2,(H,29,34)(H,31,32). The summed E-state index contributed by atoms with van der Waals surface area (Å²) in [5.74, 6) is -0.261. The maximum atomic E-state index is 12.7. The largest absolute Gasteiger partial charge is 0.481 e. The Hall–Kier alpha value is -3.35. The molecule has 0 unspecified atom stereocenters. The van der Waals surface area contributed by atoms with Crippen molar-refractivity contribution < 1.29 is 24.2 Å². The number of likely N-dealkylation sites (tertiary alicyclic amines) is 1. The number of fused-ring (bicyclic) bond motifs is 3. The molecule has 0 aromatic heterocycles. The molecular weight excluding hydrogens is 444 g/mol. The molecule has 0 atom stereocenters. The molecule has 2 fully saturated rings. The molecule has 1 saturated heterocycles. The Morgan fingerprint density at radius 3 is 2.11 bits per heavy atom. The lowest BCUT2D eigenvalue weighted by Crippen LogP contribution is -2.53. The van der Waals surface area contributed by atoms with Crippen LogP contribution >= 0.6 is 0 Å². The summed E-state index contributed by atoms with van der Waals surface area (Å²) in [6.45, 7) is 1.64. The van der Waals surface area contributed by atoms with E-state index in [4.69, 9.17) is 9.84 Å². The second kappa shape index (κ2) is 10.1. The predicted octanol–water partition coefficient (Wildman–Crippen LogP) is 4.41. The topological polar surface area (TPSA) is 95.9 Å². The van der Waals surface area contributed by atoms with E-state index >= 15 is 0 Å². The van der Waals surface area contributed by atoms with Crippen LogP contribution in [0.4, 0.5) is 4.79 Å². The van der Waals surface area contributed by atoms with Crippen molar-refractivity contribution in [1.29, 1.82) is 0 Å². The number of hydrogen-bond acceptors (Lipinski definition) is 4. The van der Waals surface area contributed by atoms with Gasteiger partial charge in [0.2, 0.25) is 5.91 Å². The number of nitrogens with one attached hydrogen (secondary N) is 1. The summed E-state index contributed by atoms with van der Waals surface area (Å²) in [5, 5.41) is 11.8. The van der Waals surface area contributed by atoms with Crippen molar-refractivity contribution in [3.63, 3.8) is 0 Å². The van der Waals surface area contributed by atoms with E-state index in [-0.39, 0.29) is 30.2 Å².